The topological polar surface area (TPSA) is 37.0 Å². The van der Waals surface area contributed by atoms with Crippen LogP contribution in [0.15, 0.2) is 0 Å². The van der Waals surface area contributed by atoms with Gasteiger partial charge in [0.1, 0.15) is 0 Å². The van der Waals surface area contributed by atoms with E-state index in [1.165, 1.54) is 12.8 Å². The average molecular weight is 269 g/mol. The number of ether oxygens (including phenoxy) is 2. The fourth-order valence-corrected chi connectivity index (χ4v) is 2.95. The summed E-state index contributed by atoms with van der Waals surface area (Å²) in [5.74, 6) is 0. The van der Waals surface area contributed by atoms with E-state index in [9.17, 15) is 0 Å². The Bertz CT molecular complexity index is 286. The SMILES string of the molecule is CN1CCOC(CN2CCOCC2CNC2CC2)C1. The molecule has 0 amide bonds. The minimum Gasteiger partial charge on any atom is -0.378 e. The maximum absolute atomic E-state index is 5.89. The molecule has 0 bridgehead atoms. The Balaban J connectivity index is 1.47. The molecule has 2 saturated heterocycles. The summed E-state index contributed by atoms with van der Waals surface area (Å²) < 4.78 is 11.5. The summed E-state index contributed by atoms with van der Waals surface area (Å²) in [6, 6.07) is 1.30. The number of morpholine rings is 2. The minimum absolute atomic E-state index is 0.361. The van der Waals surface area contributed by atoms with Crippen molar-refractivity contribution in [1.29, 1.82) is 0 Å². The van der Waals surface area contributed by atoms with Crippen LogP contribution in [0.2, 0.25) is 0 Å². The number of likely N-dealkylation sites (N-methyl/N-ethyl adjacent to an activating group) is 1. The fourth-order valence-electron chi connectivity index (χ4n) is 2.95. The van der Waals surface area contributed by atoms with Gasteiger partial charge in [-0.25, -0.2) is 0 Å². The van der Waals surface area contributed by atoms with Crippen molar-refractivity contribution < 1.29 is 9.47 Å². The molecule has 1 aliphatic carbocycles. The van der Waals surface area contributed by atoms with Gasteiger partial charge in [-0.3, -0.25) is 4.90 Å². The lowest BCUT2D eigenvalue weighted by Crippen LogP contribution is -2.55. The van der Waals surface area contributed by atoms with Gasteiger partial charge < -0.3 is 19.7 Å². The summed E-state index contributed by atoms with van der Waals surface area (Å²) >= 11 is 0. The summed E-state index contributed by atoms with van der Waals surface area (Å²) in [5.41, 5.74) is 0. The van der Waals surface area contributed by atoms with E-state index in [2.05, 4.69) is 22.2 Å². The second kappa shape index (κ2) is 6.50. The first-order valence-corrected chi connectivity index (χ1v) is 7.66. The van der Waals surface area contributed by atoms with Crippen molar-refractivity contribution in [3.8, 4) is 0 Å². The number of hydrogen-bond acceptors (Lipinski definition) is 5. The number of nitrogens with zero attached hydrogens (tertiary/aromatic N) is 2. The first-order valence-electron chi connectivity index (χ1n) is 7.66. The summed E-state index contributed by atoms with van der Waals surface area (Å²) in [7, 11) is 2.18. The number of nitrogens with one attached hydrogen (secondary N) is 1. The van der Waals surface area contributed by atoms with Crippen LogP contribution in [0, 0.1) is 0 Å². The van der Waals surface area contributed by atoms with E-state index in [0.29, 0.717) is 12.1 Å². The van der Waals surface area contributed by atoms with E-state index in [0.717, 1.165) is 58.6 Å². The minimum atomic E-state index is 0.361. The third kappa shape index (κ3) is 4.13. The molecule has 110 valence electrons. The van der Waals surface area contributed by atoms with Crippen LogP contribution >= 0.6 is 0 Å². The molecular weight excluding hydrogens is 242 g/mol. The highest BCUT2D eigenvalue weighted by Crippen LogP contribution is 2.19. The molecule has 2 atom stereocenters. The Kier molecular flexibility index (Phi) is 4.71. The van der Waals surface area contributed by atoms with Crippen LogP contribution in [0.1, 0.15) is 12.8 Å². The van der Waals surface area contributed by atoms with Gasteiger partial charge >= 0.3 is 0 Å². The van der Waals surface area contributed by atoms with Gasteiger partial charge in [0.25, 0.3) is 0 Å². The summed E-state index contributed by atoms with van der Waals surface area (Å²) in [4.78, 5) is 4.93. The molecule has 0 aromatic carbocycles. The van der Waals surface area contributed by atoms with Crippen molar-refractivity contribution in [3.63, 3.8) is 0 Å². The second-order valence-electron chi connectivity index (χ2n) is 6.16. The molecule has 3 fully saturated rings. The van der Waals surface area contributed by atoms with Gasteiger partial charge in [-0.1, -0.05) is 0 Å². The highest BCUT2D eigenvalue weighted by molar-refractivity contribution is 4.86. The van der Waals surface area contributed by atoms with E-state index in [4.69, 9.17) is 9.47 Å². The highest BCUT2D eigenvalue weighted by atomic mass is 16.5. The van der Waals surface area contributed by atoms with Crippen LogP contribution in [-0.4, -0.2) is 87.6 Å². The molecule has 2 aliphatic heterocycles. The van der Waals surface area contributed by atoms with E-state index >= 15 is 0 Å². The van der Waals surface area contributed by atoms with Crippen molar-refractivity contribution in [3.05, 3.63) is 0 Å². The molecule has 0 spiro atoms. The number of hydrogen-bond donors (Lipinski definition) is 1. The lowest BCUT2D eigenvalue weighted by Gasteiger charge is -2.40. The molecular formula is C14H27N3O2. The molecule has 1 saturated carbocycles. The molecule has 2 heterocycles. The second-order valence-corrected chi connectivity index (χ2v) is 6.16. The van der Waals surface area contributed by atoms with Crippen molar-refractivity contribution in [2.45, 2.75) is 31.0 Å². The van der Waals surface area contributed by atoms with Crippen molar-refractivity contribution in [2.24, 2.45) is 0 Å². The molecule has 0 aromatic rings. The Morgan fingerprint density at radius 1 is 1.21 bits per heavy atom. The maximum Gasteiger partial charge on any atom is 0.0829 e. The normalized spacial score (nSPS) is 34.6. The van der Waals surface area contributed by atoms with Crippen LogP contribution < -0.4 is 5.32 Å². The Morgan fingerprint density at radius 2 is 2.11 bits per heavy atom. The van der Waals surface area contributed by atoms with Gasteiger partial charge in [-0.15, -0.1) is 0 Å². The lowest BCUT2D eigenvalue weighted by molar-refractivity contribution is -0.0681. The smallest absolute Gasteiger partial charge is 0.0829 e. The number of rotatable bonds is 5. The molecule has 2 unspecified atom stereocenters. The summed E-state index contributed by atoms with van der Waals surface area (Å²) in [6.07, 6.45) is 3.06. The molecule has 5 heteroatoms. The van der Waals surface area contributed by atoms with Gasteiger partial charge in [-0.2, -0.15) is 0 Å². The molecule has 3 rings (SSSR count). The van der Waals surface area contributed by atoms with E-state index in [1.807, 2.05) is 0 Å². The average Bonchev–Trinajstić information content (AvgIpc) is 3.22. The van der Waals surface area contributed by atoms with Gasteiger partial charge in [-0.05, 0) is 19.9 Å². The van der Waals surface area contributed by atoms with E-state index < -0.39 is 0 Å². The Labute approximate surface area is 116 Å². The largest absolute Gasteiger partial charge is 0.378 e. The third-order valence-corrected chi connectivity index (χ3v) is 4.35. The maximum atomic E-state index is 5.89. The molecule has 5 nitrogen and oxygen atoms in total. The van der Waals surface area contributed by atoms with Gasteiger partial charge in [0.05, 0.1) is 25.9 Å². The summed E-state index contributed by atoms with van der Waals surface area (Å²) in [5, 5.41) is 3.63. The monoisotopic (exact) mass is 269 g/mol. The van der Waals surface area contributed by atoms with Crippen molar-refractivity contribution in [2.75, 3.05) is 59.6 Å². The van der Waals surface area contributed by atoms with Gasteiger partial charge in [0.15, 0.2) is 0 Å². The van der Waals surface area contributed by atoms with E-state index in [1.54, 1.807) is 0 Å². The predicted molar refractivity (Wildman–Crippen MR) is 74.4 cm³/mol. The fraction of sp³-hybridized carbons (Fsp3) is 1.00. The zero-order chi connectivity index (χ0) is 13.1. The van der Waals surface area contributed by atoms with Crippen LogP contribution in [0.5, 0.6) is 0 Å². The van der Waals surface area contributed by atoms with Crippen molar-refractivity contribution >= 4 is 0 Å². The third-order valence-electron chi connectivity index (χ3n) is 4.35. The summed E-state index contributed by atoms with van der Waals surface area (Å²) in [6.45, 7) is 7.87. The van der Waals surface area contributed by atoms with E-state index in [-0.39, 0.29) is 0 Å². The lowest BCUT2D eigenvalue weighted by atomic mass is 10.2. The zero-order valence-corrected chi connectivity index (χ0v) is 12.0. The highest BCUT2D eigenvalue weighted by Gasteiger charge is 2.29. The van der Waals surface area contributed by atoms with Gasteiger partial charge in [0.2, 0.25) is 0 Å². The molecule has 0 aromatic heterocycles. The quantitative estimate of drug-likeness (QED) is 0.746. The predicted octanol–water partition coefficient (Wildman–Crippen LogP) is -0.230. The van der Waals surface area contributed by atoms with Crippen LogP contribution in [0.3, 0.4) is 0 Å². The Hall–Kier alpha value is -0.200. The molecule has 1 N–H and O–H groups in total. The van der Waals surface area contributed by atoms with Crippen molar-refractivity contribution in [1.82, 2.24) is 15.1 Å². The standard InChI is InChI=1S/C14H27N3O2/c1-16-4-7-19-14(9-16)10-17-5-6-18-11-13(17)8-15-12-2-3-12/h12-15H,2-11H2,1H3. The Morgan fingerprint density at radius 3 is 2.89 bits per heavy atom. The molecule has 19 heavy (non-hydrogen) atoms. The van der Waals surface area contributed by atoms with Crippen LogP contribution in [0.4, 0.5) is 0 Å². The van der Waals surface area contributed by atoms with Crippen LogP contribution in [-0.2, 0) is 9.47 Å². The van der Waals surface area contributed by atoms with Crippen LogP contribution in [0.25, 0.3) is 0 Å². The zero-order valence-electron chi connectivity index (χ0n) is 12.0. The molecule has 0 radical (unpaired) electrons. The molecule has 3 aliphatic rings. The first-order chi connectivity index (χ1) is 9.31. The first kappa shape index (κ1) is 13.8. The van der Waals surface area contributed by atoms with Gasteiger partial charge in [0, 0.05) is 44.8 Å².